The zero-order chi connectivity index (χ0) is 8.43. The Morgan fingerprint density at radius 2 is 2.09 bits per heavy atom. The van der Waals surface area contributed by atoms with Gasteiger partial charge in [0.15, 0.2) is 0 Å². The van der Waals surface area contributed by atoms with E-state index in [9.17, 15) is 14.4 Å². The Morgan fingerprint density at radius 1 is 1.45 bits per heavy atom. The first-order chi connectivity index (χ1) is 5.20. The molecule has 1 heterocycles. The van der Waals surface area contributed by atoms with Crippen LogP contribution in [0, 0.1) is 0 Å². The first kappa shape index (κ1) is 7.71. The van der Waals surface area contributed by atoms with Crippen molar-refractivity contribution in [2.24, 2.45) is 0 Å². The van der Waals surface area contributed by atoms with Crippen LogP contribution in [0.4, 0.5) is 4.79 Å². The van der Waals surface area contributed by atoms with E-state index in [1.807, 2.05) is 0 Å². The number of urea groups is 1. The summed E-state index contributed by atoms with van der Waals surface area (Å²) in [6.07, 6.45) is 1.14. The van der Waals surface area contributed by atoms with E-state index in [1.165, 1.54) is 11.9 Å². The van der Waals surface area contributed by atoms with Crippen LogP contribution < -0.4 is 5.32 Å². The molecular weight excluding hydrogens is 148 g/mol. The number of likely N-dealkylation sites (N-methyl/N-ethyl adjacent to an activating group) is 1. The highest BCUT2D eigenvalue weighted by Gasteiger charge is 2.36. The fourth-order valence-corrected chi connectivity index (χ4v) is 0.997. The molecule has 2 amide bonds. The minimum Gasteiger partial charge on any atom is -0.326 e. The fraction of sp³-hybridized carbons (Fsp3) is 0.500. The van der Waals surface area contributed by atoms with Gasteiger partial charge in [-0.05, 0) is 0 Å². The van der Waals surface area contributed by atoms with Gasteiger partial charge in [0.05, 0.1) is 0 Å². The van der Waals surface area contributed by atoms with Crippen molar-refractivity contribution >= 4 is 18.6 Å². The molecule has 2 unspecified atom stereocenters. The summed E-state index contributed by atoms with van der Waals surface area (Å²) < 4.78 is 0. The predicted molar refractivity (Wildman–Crippen MR) is 36.0 cm³/mol. The molecule has 0 aromatic carbocycles. The summed E-state index contributed by atoms with van der Waals surface area (Å²) in [5, 5.41) is 2.34. The maximum atomic E-state index is 10.8. The first-order valence-corrected chi connectivity index (χ1v) is 3.14. The molecule has 1 N–H and O–H groups in total. The maximum Gasteiger partial charge on any atom is 0.318 e. The van der Waals surface area contributed by atoms with Crippen LogP contribution in [0.5, 0.6) is 0 Å². The molecule has 1 aliphatic heterocycles. The molecule has 5 heteroatoms. The molecule has 0 bridgehead atoms. The third-order valence-electron chi connectivity index (χ3n) is 1.71. The van der Waals surface area contributed by atoms with Gasteiger partial charge in [-0.15, -0.1) is 0 Å². The van der Waals surface area contributed by atoms with E-state index in [2.05, 4.69) is 5.32 Å². The minimum atomic E-state index is -0.690. The van der Waals surface area contributed by atoms with Crippen molar-refractivity contribution in [1.82, 2.24) is 10.2 Å². The minimum absolute atomic E-state index is 0.390. The van der Waals surface area contributed by atoms with Crippen molar-refractivity contribution in [3.8, 4) is 0 Å². The second-order valence-corrected chi connectivity index (χ2v) is 2.35. The molecule has 2 atom stereocenters. The van der Waals surface area contributed by atoms with Gasteiger partial charge in [-0.25, -0.2) is 4.79 Å². The highest BCUT2D eigenvalue weighted by molar-refractivity contribution is 5.88. The van der Waals surface area contributed by atoms with E-state index in [-0.39, 0.29) is 6.03 Å². The average molecular weight is 156 g/mol. The van der Waals surface area contributed by atoms with Gasteiger partial charge in [0, 0.05) is 7.05 Å². The zero-order valence-corrected chi connectivity index (χ0v) is 5.98. The number of carbonyl (C=O) groups is 3. The van der Waals surface area contributed by atoms with Crippen molar-refractivity contribution < 1.29 is 14.4 Å². The first-order valence-electron chi connectivity index (χ1n) is 3.14. The van der Waals surface area contributed by atoms with E-state index < -0.39 is 12.1 Å². The standard InChI is InChI=1S/C6H8N2O3/c1-8-5(3-10)4(2-9)7-6(8)11/h2-5H,1H3,(H,7,11). The molecule has 0 aliphatic carbocycles. The lowest BCUT2D eigenvalue weighted by molar-refractivity contribution is -0.115. The van der Waals surface area contributed by atoms with Crippen LogP contribution in [-0.4, -0.2) is 42.6 Å². The maximum absolute atomic E-state index is 10.8. The largest absolute Gasteiger partial charge is 0.326 e. The lowest BCUT2D eigenvalue weighted by Crippen LogP contribution is -2.36. The quantitative estimate of drug-likeness (QED) is 0.509. The molecule has 0 saturated carbocycles. The Morgan fingerprint density at radius 3 is 2.45 bits per heavy atom. The Kier molecular flexibility index (Phi) is 1.89. The normalized spacial score (nSPS) is 29.9. The number of rotatable bonds is 2. The molecule has 5 nitrogen and oxygen atoms in total. The summed E-state index contributed by atoms with van der Waals surface area (Å²) >= 11 is 0. The number of aldehydes is 2. The highest BCUT2D eigenvalue weighted by atomic mass is 16.2. The molecule has 0 aromatic heterocycles. The lowest BCUT2D eigenvalue weighted by Gasteiger charge is -2.12. The van der Waals surface area contributed by atoms with E-state index in [0.717, 1.165) is 0 Å². The smallest absolute Gasteiger partial charge is 0.318 e. The summed E-state index contributed by atoms with van der Waals surface area (Å²) in [6, 6.07) is -1.73. The fourth-order valence-electron chi connectivity index (χ4n) is 0.997. The van der Waals surface area contributed by atoms with Crippen LogP contribution in [0.25, 0.3) is 0 Å². The van der Waals surface area contributed by atoms with Gasteiger partial charge in [-0.3, -0.25) is 0 Å². The van der Waals surface area contributed by atoms with E-state index in [1.54, 1.807) is 0 Å². The second kappa shape index (κ2) is 2.69. The lowest BCUT2D eigenvalue weighted by atomic mass is 10.2. The summed E-state index contributed by atoms with van der Waals surface area (Å²) in [5.74, 6) is 0. The van der Waals surface area contributed by atoms with Gasteiger partial charge in [0.25, 0.3) is 0 Å². The summed E-state index contributed by atoms with van der Waals surface area (Å²) in [4.78, 5) is 32.6. The van der Waals surface area contributed by atoms with Crippen molar-refractivity contribution in [2.45, 2.75) is 12.1 Å². The molecule has 0 aromatic rings. The molecular formula is C6H8N2O3. The van der Waals surface area contributed by atoms with Crippen LogP contribution >= 0.6 is 0 Å². The van der Waals surface area contributed by atoms with Crippen molar-refractivity contribution in [2.75, 3.05) is 7.05 Å². The van der Waals surface area contributed by atoms with Crippen LogP contribution in [0.15, 0.2) is 0 Å². The number of hydrogen-bond acceptors (Lipinski definition) is 3. The van der Waals surface area contributed by atoms with Gasteiger partial charge in [0.2, 0.25) is 0 Å². The van der Waals surface area contributed by atoms with Gasteiger partial charge in [-0.1, -0.05) is 0 Å². The van der Waals surface area contributed by atoms with Crippen LogP contribution in [0.3, 0.4) is 0 Å². The summed E-state index contributed by atoms with van der Waals surface area (Å²) in [5.41, 5.74) is 0. The Labute approximate surface area is 63.4 Å². The number of carbonyl (C=O) groups excluding carboxylic acids is 3. The van der Waals surface area contributed by atoms with Crippen molar-refractivity contribution in [3.63, 3.8) is 0 Å². The molecule has 1 aliphatic rings. The highest BCUT2D eigenvalue weighted by Crippen LogP contribution is 2.06. The van der Waals surface area contributed by atoms with Crippen molar-refractivity contribution in [3.05, 3.63) is 0 Å². The van der Waals surface area contributed by atoms with Gasteiger partial charge in [-0.2, -0.15) is 0 Å². The van der Waals surface area contributed by atoms with Gasteiger partial charge >= 0.3 is 6.03 Å². The zero-order valence-electron chi connectivity index (χ0n) is 5.98. The van der Waals surface area contributed by atoms with Gasteiger partial charge in [0.1, 0.15) is 24.7 Å². The third-order valence-corrected chi connectivity index (χ3v) is 1.71. The Balaban J connectivity index is 2.79. The van der Waals surface area contributed by atoms with Gasteiger partial charge < -0.3 is 19.8 Å². The molecule has 11 heavy (non-hydrogen) atoms. The summed E-state index contributed by atoms with van der Waals surface area (Å²) in [6.45, 7) is 0. The topological polar surface area (TPSA) is 66.5 Å². The average Bonchev–Trinajstić information content (AvgIpc) is 2.28. The number of hydrogen-bond donors (Lipinski definition) is 1. The van der Waals surface area contributed by atoms with E-state index >= 15 is 0 Å². The second-order valence-electron chi connectivity index (χ2n) is 2.35. The molecule has 0 radical (unpaired) electrons. The number of nitrogens with one attached hydrogen (secondary N) is 1. The third kappa shape index (κ3) is 1.09. The Bertz CT molecular complexity index is 204. The molecule has 0 spiro atoms. The van der Waals surface area contributed by atoms with Crippen molar-refractivity contribution in [1.29, 1.82) is 0 Å². The monoisotopic (exact) mass is 156 g/mol. The SMILES string of the molecule is CN1C(=O)NC(C=O)C1C=O. The molecule has 1 rings (SSSR count). The van der Waals surface area contributed by atoms with Crippen LogP contribution in [-0.2, 0) is 9.59 Å². The molecule has 1 saturated heterocycles. The van der Waals surface area contributed by atoms with E-state index in [4.69, 9.17) is 0 Å². The Hall–Kier alpha value is -1.39. The number of nitrogens with zero attached hydrogens (tertiary/aromatic N) is 1. The summed E-state index contributed by atoms with van der Waals surface area (Å²) in [7, 11) is 1.47. The predicted octanol–water partition coefficient (Wildman–Crippen LogP) is -1.22. The van der Waals surface area contributed by atoms with Crippen LogP contribution in [0.2, 0.25) is 0 Å². The number of amides is 2. The van der Waals surface area contributed by atoms with Crippen LogP contribution in [0.1, 0.15) is 0 Å². The van der Waals surface area contributed by atoms with E-state index in [0.29, 0.717) is 12.6 Å². The molecule has 60 valence electrons. The molecule has 1 fully saturated rings.